The highest BCUT2D eigenvalue weighted by atomic mass is 16.4. The smallest absolute Gasteiger partial charge is 0.339 e. The fraction of sp³-hybridized carbons (Fsp3) is 0.538. The molecule has 1 aliphatic rings. The van der Waals surface area contributed by atoms with Crippen molar-refractivity contribution >= 4 is 11.7 Å². The lowest BCUT2D eigenvalue weighted by atomic mass is 9.94. The molecule has 0 radical (unpaired) electrons. The van der Waals surface area contributed by atoms with Gasteiger partial charge in [0.05, 0.1) is 5.69 Å². The van der Waals surface area contributed by atoms with Crippen molar-refractivity contribution < 1.29 is 9.90 Å². The van der Waals surface area contributed by atoms with Gasteiger partial charge in [-0.1, -0.05) is 6.92 Å². The molecule has 1 aromatic heterocycles. The van der Waals surface area contributed by atoms with E-state index in [4.69, 9.17) is 5.11 Å². The van der Waals surface area contributed by atoms with Crippen molar-refractivity contribution in [3.05, 3.63) is 24.0 Å². The number of aromatic nitrogens is 1. The second kappa shape index (κ2) is 5.35. The van der Waals surface area contributed by atoms with Gasteiger partial charge >= 0.3 is 5.97 Å². The highest BCUT2D eigenvalue weighted by Gasteiger charge is 2.25. The molecule has 1 aromatic rings. The van der Waals surface area contributed by atoms with Crippen LogP contribution in [0.2, 0.25) is 0 Å². The number of pyridine rings is 1. The number of carboxylic acid groups (broad SMARTS) is 1. The maximum atomic E-state index is 11.1. The third-order valence-electron chi connectivity index (χ3n) is 3.50. The highest BCUT2D eigenvalue weighted by molar-refractivity contribution is 5.93. The quantitative estimate of drug-likeness (QED) is 0.850. The number of piperidine rings is 1. The van der Waals surface area contributed by atoms with Crippen LogP contribution in [0.15, 0.2) is 18.5 Å². The van der Waals surface area contributed by atoms with Gasteiger partial charge in [-0.05, 0) is 32.0 Å². The molecular formula is C13H19N3O2. The third kappa shape index (κ3) is 2.79. The number of nitrogens with one attached hydrogen (secondary N) is 1. The summed E-state index contributed by atoms with van der Waals surface area (Å²) >= 11 is 0. The zero-order chi connectivity index (χ0) is 13.1. The van der Waals surface area contributed by atoms with Crippen molar-refractivity contribution in [2.24, 2.45) is 5.92 Å². The van der Waals surface area contributed by atoms with Crippen LogP contribution >= 0.6 is 0 Å². The first-order chi connectivity index (χ1) is 8.58. The molecule has 0 spiro atoms. The molecule has 0 saturated carbocycles. The molecular weight excluding hydrogens is 230 g/mol. The number of hydrogen-bond donors (Lipinski definition) is 2. The topological polar surface area (TPSA) is 65.5 Å². The van der Waals surface area contributed by atoms with Gasteiger partial charge in [0.1, 0.15) is 5.56 Å². The van der Waals surface area contributed by atoms with Crippen molar-refractivity contribution in [3.63, 3.8) is 0 Å². The normalized spacial score (nSPS) is 24.8. The van der Waals surface area contributed by atoms with Gasteiger partial charge in [0.2, 0.25) is 0 Å². The fourth-order valence-electron chi connectivity index (χ4n) is 2.46. The number of aromatic carboxylic acids is 1. The van der Waals surface area contributed by atoms with Crippen LogP contribution in [0.3, 0.4) is 0 Å². The molecule has 0 amide bonds. The average molecular weight is 249 g/mol. The average Bonchev–Trinajstić information content (AvgIpc) is 2.33. The number of carboxylic acids is 1. The summed E-state index contributed by atoms with van der Waals surface area (Å²) in [4.78, 5) is 17.3. The lowest BCUT2D eigenvalue weighted by molar-refractivity contribution is 0.0697. The Morgan fingerprint density at radius 2 is 2.39 bits per heavy atom. The lowest BCUT2D eigenvalue weighted by Gasteiger charge is -2.36. The maximum Gasteiger partial charge on any atom is 0.339 e. The number of likely N-dealkylation sites (tertiary alicyclic amines) is 1. The molecule has 2 N–H and O–H groups in total. The molecule has 18 heavy (non-hydrogen) atoms. The number of nitrogens with zero attached hydrogens (tertiary/aromatic N) is 2. The van der Waals surface area contributed by atoms with Crippen LogP contribution in [0.5, 0.6) is 0 Å². The lowest BCUT2D eigenvalue weighted by Crippen LogP contribution is -2.43. The Morgan fingerprint density at radius 1 is 1.61 bits per heavy atom. The number of anilines is 1. The molecule has 0 aliphatic carbocycles. The molecule has 1 aliphatic heterocycles. The summed E-state index contributed by atoms with van der Waals surface area (Å²) in [6.45, 7) is 4.26. The van der Waals surface area contributed by atoms with Crippen LogP contribution in [0.1, 0.15) is 23.7 Å². The van der Waals surface area contributed by atoms with Gasteiger partial charge in [-0.25, -0.2) is 4.79 Å². The molecule has 5 nitrogen and oxygen atoms in total. The van der Waals surface area contributed by atoms with Gasteiger partial charge in [0, 0.05) is 25.0 Å². The standard InChI is InChI=1S/C13H19N3O2/c1-9-8-16(2)6-4-11(9)15-12-3-5-14-7-10(12)13(17)18/h3,5,7,9,11H,4,6,8H2,1-2H3,(H,14,15)(H,17,18). The fourth-order valence-corrected chi connectivity index (χ4v) is 2.46. The number of carbonyl (C=O) groups is 1. The Morgan fingerprint density at radius 3 is 3.06 bits per heavy atom. The van der Waals surface area contributed by atoms with Crippen LogP contribution < -0.4 is 5.32 Å². The van der Waals surface area contributed by atoms with E-state index in [9.17, 15) is 4.79 Å². The minimum atomic E-state index is -0.939. The summed E-state index contributed by atoms with van der Waals surface area (Å²) in [5, 5.41) is 12.5. The molecule has 2 heterocycles. The summed E-state index contributed by atoms with van der Waals surface area (Å²) in [6.07, 6.45) is 4.04. The minimum Gasteiger partial charge on any atom is -0.478 e. The van der Waals surface area contributed by atoms with E-state index in [2.05, 4.69) is 29.2 Å². The third-order valence-corrected chi connectivity index (χ3v) is 3.50. The van der Waals surface area contributed by atoms with Gasteiger partial charge in [0.25, 0.3) is 0 Å². The largest absolute Gasteiger partial charge is 0.478 e. The predicted octanol–water partition coefficient (Wildman–Crippen LogP) is 1.53. The Hall–Kier alpha value is -1.62. The first-order valence-corrected chi connectivity index (χ1v) is 6.20. The molecule has 2 unspecified atom stereocenters. The first kappa shape index (κ1) is 12.8. The predicted molar refractivity (Wildman–Crippen MR) is 69.9 cm³/mol. The second-order valence-corrected chi connectivity index (χ2v) is 5.01. The molecule has 0 aromatic carbocycles. The van der Waals surface area contributed by atoms with E-state index in [1.165, 1.54) is 6.20 Å². The zero-order valence-electron chi connectivity index (χ0n) is 10.8. The Kier molecular flexibility index (Phi) is 3.81. The molecule has 0 bridgehead atoms. The van der Waals surface area contributed by atoms with Gasteiger partial charge in [0.15, 0.2) is 0 Å². The molecule has 2 atom stereocenters. The van der Waals surface area contributed by atoms with Crippen LogP contribution in [0, 0.1) is 5.92 Å². The SMILES string of the molecule is CC1CN(C)CCC1Nc1ccncc1C(=O)O. The van der Waals surface area contributed by atoms with E-state index in [0.29, 0.717) is 17.6 Å². The summed E-state index contributed by atoms with van der Waals surface area (Å²) < 4.78 is 0. The second-order valence-electron chi connectivity index (χ2n) is 5.01. The molecule has 1 saturated heterocycles. The Labute approximate surface area is 107 Å². The van der Waals surface area contributed by atoms with Crippen LogP contribution in [0.4, 0.5) is 5.69 Å². The van der Waals surface area contributed by atoms with E-state index in [1.54, 1.807) is 12.3 Å². The van der Waals surface area contributed by atoms with Crippen molar-refractivity contribution in [1.29, 1.82) is 0 Å². The highest BCUT2D eigenvalue weighted by Crippen LogP contribution is 2.22. The number of rotatable bonds is 3. The van der Waals surface area contributed by atoms with E-state index in [-0.39, 0.29) is 5.56 Å². The monoisotopic (exact) mass is 249 g/mol. The van der Waals surface area contributed by atoms with Gasteiger partial charge in [-0.3, -0.25) is 4.98 Å². The van der Waals surface area contributed by atoms with Crippen LogP contribution in [-0.2, 0) is 0 Å². The Balaban J connectivity index is 2.12. The summed E-state index contributed by atoms with van der Waals surface area (Å²) in [6, 6.07) is 2.05. The van der Waals surface area contributed by atoms with Crippen LogP contribution in [0.25, 0.3) is 0 Å². The van der Waals surface area contributed by atoms with Gasteiger partial charge in [-0.15, -0.1) is 0 Å². The summed E-state index contributed by atoms with van der Waals surface area (Å²) in [5.41, 5.74) is 0.905. The first-order valence-electron chi connectivity index (χ1n) is 6.20. The van der Waals surface area contributed by atoms with E-state index < -0.39 is 5.97 Å². The van der Waals surface area contributed by atoms with Crippen LogP contribution in [-0.4, -0.2) is 47.1 Å². The van der Waals surface area contributed by atoms with Crippen molar-refractivity contribution in [1.82, 2.24) is 9.88 Å². The summed E-state index contributed by atoms with van der Waals surface area (Å²) in [5.74, 6) is -0.440. The van der Waals surface area contributed by atoms with E-state index >= 15 is 0 Å². The van der Waals surface area contributed by atoms with Gasteiger partial charge < -0.3 is 15.3 Å². The number of hydrogen-bond acceptors (Lipinski definition) is 4. The molecule has 1 fully saturated rings. The Bertz CT molecular complexity index is 436. The molecule has 98 valence electrons. The minimum absolute atomic E-state index is 0.239. The van der Waals surface area contributed by atoms with Crippen molar-refractivity contribution in [2.75, 3.05) is 25.5 Å². The van der Waals surface area contributed by atoms with Gasteiger partial charge in [-0.2, -0.15) is 0 Å². The van der Waals surface area contributed by atoms with E-state index in [1.807, 2.05) is 0 Å². The maximum absolute atomic E-state index is 11.1. The van der Waals surface area contributed by atoms with Crippen molar-refractivity contribution in [3.8, 4) is 0 Å². The van der Waals surface area contributed by atoms with E-state index in [0.717, 1.165) is 19.5 Å². The van der Waals surface area contributed by atoms with Crippen molar-refractivity contribution in [2.45, 2.75) is 19.4 Å². The molecule has 2 rings (SSSR count). The zero-order valence-corrected chi connectivity index (χ0v) is 10.8. The molecule has 5 heteroatoms. The summed E-state index contributed by atoms with van der Waals surface area (Å²) in [7, 11) is 2.11.